The molecule has 1 aliphatic rings. The zero-order valence-corrected chi connectivity index (χ0v) is 11.7. The highest BCUT2D eigenvalue weighted by Gasteiger charge is 2.14. The molecular weight excluding hydrogens is 236 g/mol. The first kappa shape index (κ1) is 13.9. The van der Waals surface area contributed by atoms with Gasteiger partial charge < -0.3 is 10.6 Å². The molecule has 3 nitrogen and oxygen atoms in total. The van der Waals surface area contributed by atoms with Gasteiger partial charge in [0, 0.05) is 13.6 Å². The van der Waals surface area contributed by atoms with Gasteiger partial charge in [0.25, 0.3) is 0 Å². The highest BCUT2D eigenvalue weighted by atomic mass is 16.2. The molecule has 19 heavy (non-hydrogen) atoms. The van der Waals surface area contributed by atoms with Crippen molar-refractivity contribution in [3.63, 3.8) is 0 Å². The number of urea groups is 1. The summed E-state index contributed by atoms with van der Waals surface area (Å²) in [5.74, 6) is 0.770. The molecule has 0 spiro atoms. The van der Waals surface area contributed by atoms with Crippen LogP contribution >= 0.6 is 0 Å². The summed E-state index contributed by atoms with van der Waals surface area (Å²) in [6, 6.07) is 8.83. The minimum atomic E-state index is -0.112. The minimum absolute atomic E-state index is 0.112. The van der Waals surface area contributed by atoms with E-state index in [9.17, 15) is 4.79 Å². The first-order valence-corrected chi connectivity index (χ1v) is 7.34. The number of amides is 2. The summed E-state index contributed by atoms with van der Waals surface area (Å²) < 4.78 is 0. The quantitative estimate of drug-likeness (QED) is 0.857. The lowest BCUT2D eigenvalue weighted by Crippen LogP contribution is -2.33. The number of hydrogen-bond acceptors (Lipinski definition) is 1. The van der Waals surface area contributed by atoms with Gasteiger partial charge >= 0.3 is 6.03 Å². The molecule has 1 aromatic rings. The summed E-state index contributed by atoms with van der Waals surface area (Å²) in [7, 11) is 1.63. The number of benzene rings is 1. The van der Waals surface area contributed by atoms with E-state index >= 15 is 0 Å². The first-order valence-electron chi connectivity index (χ1n) is 7.34. The normalized spacial score (nSPS) is 16.1. The second-order valence-electron chi connectivity index (χ2n) is 5.33. The van der Waals surface area contributed by atoms with Crippen LogP contribution in [0.4, 0.5) is 4.79 Å². The molecule has 0 aliphatic heterocycles. The van der Waals surface area contributed by atoms with Crippen LogP contribution in [-0.4, -0.2) is 19.6 Å². The molecule has 0 aromatic heterocycles. The minimum Gasteiger partial charge on any atom is -0.341 e. The number of rotatable bonds is 4. The Morgan fingerprint density at radius 1 is 1.16 bits per heavy atom. The summed E-state index contributed by atoms with van der Waals surface area (Å²) >= 11 is 0. The van der Waals surface area contributed by atoms with Crippen molar-refractivity contribution in [3.05, 3.63) is 35.4 Å². The van der Waals surface area contributed by atoms with Crippen LogP contribution < -0.4 is 10.6 Å². The molecule has 2 rings (SSSR count). The van der Waals surface area contributed by atoms with Gasteiger partial charge in [0.2, 0.25) is 0 Å². The first-order chi connectivity index (χ1) is 9.29. The molecule has 0 unspecified atom stereocenters. The highest BCUT2D eigenvalue weighted by molar-refractivity contribution is 5.73. The maximum absolute atomic E-state index is 11.0. The lowest BCUT2D eigenvalue weighted by atomic mass is 9.84. The summed E-state index contributed by atoms with van der Waals surface area (Å²) in [6.07, 6.45) is 7.73. The van der Waals surface area contributed by atoms with E-state index in [2.05, 4.69) is 34.9 Å². The van der Waals surface area contributed by atoms with Crippen LogP contribution in [0.1, 0.15) is 49.1 Å². The maximum Gasteiger partial charge on any atom is 0.314 e. The molecule has 2 amide bonds. The van der Waals surface area contributed by atoms with E-state index in [0.29, 0.717) is 6.54 Å². The molecule has 3 heteroatoms. The number of nitrogens with one attached hydrogen (secondary N) is 2. The van der Waals surface area contributed by atoms with Gasteiger partial charge in [-0.25, -0.2) is 4.79 Å². The average molecular weight is 260 g/mol. The molecule has 1 aromatic carbocycles. The van der Waals surface area contributed by atoms with Crippen molar-refractivity contribution in [2.75, 3.05) is 13.6 Å². The van der Waals surface area contributed by atoms with Crippen molar-refractivity contribution < 1.29 is 4.79 Å². The third kappa shape index (κ3) is 4.27. The van der Waals surface area contributed by atoms with Crippen LogP contribution in [0.3, 0.4) is 0 Å². The predicted molar refractivity (Wildman–Crippen MR) is 78.4 cm³/mol. The second kappa shape index (κ2) is 7.17. The van der Waals surface area contributed by atoms with Crippen molar-refractivity contribution in [1.82, 2.24) is 10.6 Å². The fraction of sp³-hybridized carbons (Fsp3) is 0.562. The van der Waals surface area contributed by atoms with Gasteiger partial charge in [-0.2, -0.15) is 0 Å². The Morgan fingerprint density at radius 2 is 1.84 bits per heavy atom. The third-order valence-corrected chi connectivity index (χ3v) is 3.98. The Balaban J connectivity index is 1.82. The zero-order chi connectivity index (χ0) is 13.5. The van der Waals surface area contributed by atoms with Gasteiger partial charge in [-0.3, -0.25) is 0 Å². The molecule has 0 bridgehead atoms. The second-order valence-corrected chi connectivity index (χ2v) is 5.33. The van der Waals surface area contributed by atoms with Gasteiger partial charge in [0.15, 0.2) is 0 Å². The van der Waals surface area contributed by atoms with E-state index in [4.69, 9.17) is 0 Å². The van der Waals surface area contributed by atoms with Gasteiger partial charge in [0.1, 0.15) is 0 Å². The van der Waals surface area contributed by atoms with Gasteiger partial charge in [0.05, 0.1) is 0 Å². The van der Waals surface area contributed by atoms with Crippen LogP contribution in [-0.2, 0) is 6.42 Å². The van der Waals surface area contributed by atoms with Gasteiger partial charge in [-0.05, 0) is 36.3 Å². The van der Waals surface area contributed by atoms with E-state index in [1.807, 2.05) is 0 Å². The van der Waals surface area contributed by atoms with Crippen LogP contribution in [0.5, 0.6) is 0 Å². The molecule has 1 saturated carbocycles. The fourth-order valence-electron chi connectivity index (χ4n) is 2.80. The highest BCUT2D eigenvalue weighted by Crippen LogP contribution is 2.32. The van der Waals surface area contributed by atoms with E-state index in [-0.39, 0.29) is 6.03 Å². The van der Waals surface area contributed by atoms with E-state index in [0.717, 1.165) is 12.3 Å². The topological polar surface area (TPSA) is 41.1 Å². The van der Waals surface area contributed by atoms with Gasteiger partial charge in [-0.15, -0.1) is 0 Å². The maximum atomic E-state index is 11.0. The van der Waals surface area contributed by atoms with Crippen molar-refractivity contribution in [3.8, 4) is 0 Å². The molecule has 0 heterocycles. The number of carbonyl (C=O) groups excluding carboxylic acids is 1. The molecule has 1 aliphatic carbocycles. The third-order valence-electron chi connectivity index (χ3n) is 3.98. The smallest absolute Gasteiger partial charge is 0.314 e. The van der Waals surface area contributed by atoms with Crippen molar-refractivity contribution in [2.24, 2.45) is 0 Å². The molecule has 0 saturated heterocycles. The van der Waals surface area contributed by atoms with E-state index in [1.165, 1.54) is 43.2 Å². The van der Waals surface area contributed by atoms with E-state index in [1.54, 1.807) is 7.05 Å². The molecule has 104 valence electrons. The molecule has 1 fully saturated rings. The molecule has 0 atom stereocenters. The predicted octanol–water partition coefficient (Wildman–Crippen LogP) is 3.21. The fourth-order valence-corrected chi connectivity index (χ4v) is 2.80. The van der Waals surface area contributed by atoms with E-state index < -0.39 is 0 Å². The standard InChI is InChI=1S/C16H24N2O/c1-17-16(19)18-12-11-13-7-9-15(10-8-13)14-5-3-2-4-6-14/h7-10,14H,2-6,11-12H2,1H3,(H2,17,18,19). The Kier molecular flexibility index (Phi) is 5.25. The van der Waals surface area contributed by atoms with Gasteiger partial charge in [-0.1, -0.05) is 43.5 Å². The van der Waals surface area contributed by atoms with Crippen LogP contribution in [0.15, 0.2) is 24.3 Å². The Hall–Kier alpha value is -1.51. The van der Waals surface area contributed by atoms with Crippen molar-refractivity contribution in [2.45, 2.75) is 44.4 Å². The average Bonchev–Trinajstić information content (AvgIpc) is 2.48. The SMILES string of the molecule is CNC(=O)NCCc1ccc(C2CCCCC2)cc1. The lowest BCUT2D eigenvalue weighted by molar-refractivity contribution is 0.243. The monoisotopic (exact) mass is 260 g/mol. The summed E-state index contributed by atoms with van der Waals surface area (Å²) in [5, 5.41) is 5.36. The number of hydrogen-bond donors (Lipinski definition) is 2. The van der Waals surface area contributed by atoms with Crippen molar-refractivity contribution in [1.29, 1.82) is 0 Å². The molecular formula is C16H24N2O. The zero-order valence-electron chi connectivity index (χ0n) is 11.7. The Labute approximate surface area is 115 Å². The summed E-state index contributed by atoms with van der Waals surface area (Å²) in [4.78, 5) is 11.0. The lowest BCUT2D eigenvalue weighted by Gasteiger charge is -2.22. The number of carbonyl (C=O) groups is 1. The summed E-state index contributed by atoms with van der Waals surface area (Å²) in [5.41, 5.74) is 2.78. The molecule has 2 N–H and O–H groups in total. The van der Waals surface area contributed by atoms with Crippen LogP contribution in [0, 0.1) is 0 Å². The Bertz CT molecular complexity index is 394. The van der Waals surface area contributed by atoms with Crippen LogP contribution in [0.2, 0.25) is 0 Å². The molecule has 0 radical (unpaired) electrons. The largest absolute Gasteiger partial charge is 0.341 e. The van der Waals surface area contributed by atoms with Crippen molar-refractivity contribution >= 4 is 6.03 Å². The van der Waals surface area contributed by atoms with Crippen LogP contribution in [0.25, 0.3) is 0 Å². The Morgan fingerprint density at radius 3 is 2.47 bits per heavy atom. The summed E-state index contributed by atoms with van der Waals surface area (Å²) in [6.45, 7) is 0.683.